The van der Waals surface area contributed by atoms with Crippen LogP contribution in [0.4, 0.5) is 5.69 Å². The van der Waals surface area contributed by atoms with Gasteiger partial charge in [0.25, 0.3) is 0 Å². The molecule has 1 aromatic carbocycles. The molecule has 3 N–H and O–H groups in total. The summed E-state index contributed by atoms with van der Waals surface area (Å²) in [6.45, 7) is 0. The zero-order chi connectivity index (χ0) is 11.1. The fourth-order valence-corrected chi connectivity index (χ4v) is 1.06. The van der Waals surface area contributed by atoms with Crippen LogP contribution in [0.3, 0.4) is 0 Å². The third-order valence-electron chi connectivity index (χ3n) is 1.86. The van der Waals surface area contributed by atoms with Crippen molar-refractivity contribution in [2.45, 2.75) is 19.3 Å². The van der Waals surface area contributed by atoms with Gasteiger partial charge in [-0.2, -0.15) is 0 Å². The average Bonchev–Trinajstić information content (AvgIpc) is 2.20. The van der Waals surface area contributed by atoms with Crippen LogP contribution in [0.5, 0.6) is 0 Å². The molecule has 0 aliphatic heterocycles. The maximum Gasteiger partial charge on any atom is 0.304 e. The molecule has 0 unspecified atom stereocenters. The summed E-state index contributed by atoms with van der Waals surface area (Å²) < 4.78 is 0. The Morgan fingerprint density at radius 1 is 1.27 bits per heavy atom. The molecule has 0 amide bonds. The zero-order valence-electron chi connectivity index (χ0n) is 8.36. The van der Waals surface area contributed by atoms with Crippen molar-refractivity contribution in [2.24, 2.45) is 0 Å². The Morgan fingerprint density at radius 3 is 2.53 bits per heavy atom. The minimum absolute atomic E-state index is 0.106. The number of carboxylic acids is 1. The van der Waals surface area contributed by atoms with Crippen LogP contribution < -0.4 is 5.73 Å². The third kappa shape index (κ3) is 4.72. The summed E-state index contributed by atoms with van der Waals surface area (Å²) in [5.74, 6) is 4.93. The third-order valence-corrected chi connectivity index (χ3v) is 1.86. The predicted octanol–water partition coefficient (Wildman–Crippen LogP) is 1.68. The molecule has 0 bridgehead atoms. The summed E-state index contributed by atoms with van der Waals surface area (Å²) in [4.78, 5) is 10.2. The van der Waals surface area contributed by atoms with Crippen molar-refractivity contribution in [3.63, 3.8) is 0 Å². The van der Waals surface area contributed by atoms with Gasteiger partial charge in [0.15, 0.2) is 0 Å². The van der Waals surface area contributed by atoms with Gasteiger partial charge in [-0.15, -0.1) is 5.92 Å². The van der Waals surface area contributed by atoms with E-state index in [1.165, 1.54) is 0 Å². The highest BCUT2D eigenvalue weighted by molar-refractivity contribution is 5.67. The Morgan fingerprint density at radius 2 is 1.93 bits per heavy atom. The van der Waals surface area contributed by atoms with E-state index in [9.17, 15) is 4.79 Å². The normalized spacial score (nSPS) is 9.07. The number of aliphatic carboxylic acids is 1. The van der Waals surface area contributed by atoms with Crippen molar-refractivity contribution < 1.29 is 9.90 Å². The summed E-state index contributed by atoms with van der Waals surface area (Å²) in [6, 6.07) is 7.49. The number of nitrogens with two attached hydrogens (primary N) is 1. The Hall–Kier alpha value is -1.95. The van der Waals surface area contributed by atoms with E-state index >= 15 is 0 Å². The number of carboxylic acid groups (broad SMARTS) is 1. The molecule has 0 atom stereocenters. The molecule has 1 aromatic rings. The molecule has 0 aliphatic rings. The van der Waals surface area contributed by atoms with Crippen LogP contribution in [0.1, 0.15) is 18.4 Å². The van der Waals surface area contributed by atoms with Crippen molar-refractivity contribution in [1.29, 1.82) is 0 Å². The van der Waals surface area contributed by atoms with Gasteiger partial charge in [0.05, 0.1) is 6.42 Å². The van der Waals surface area contributed by atoms with Crippen LogP contribution in [-0.2, 0) is 11.2 Å². The number of nitrogen functional groups attached to an aromatic ring is 1. The molecular formula is C12H13NO2. The summed E-state index contributed by atoms with van der Waals surface area (Å²) in [6.07, 6.45) is 1.15. The summed E-state index contributed by atoms with van der Waals surface area (Å²) in [5.41, 5.74) is 7.36. The lowest BCUT2D eigenvalue weighted by Gasteiger charge is -1.95. The number of carbonyl (C=O) groups is 1. The molecule has 3 heteroatoms. The SMILES string of the molecule is Nc1ccc(CC#CCCC(=O)O)cc1. The van der Waals surface area contributed by atoms with Crippen molar-refractivity contribution in [3.05, 3.63) is 29.8 Å². The first kappa shape index (κ1) is 11.1. The lowest BCUT2D eigenvalue weighted by Crippen LogP contribution is -1.92. The zero-order valence-corrected chi connectivity index (χ0v) is 8.36. The minimum Gasteiger partial charge on any atom is -0.481 e. The van der Waals surface area contributed by atoms with Crippen molar-refractivity contribution >= 4 is 11.7 Å². The first-order chi connectivity index (χ1) is 7.18. The monoisotopic (exact) mass is 203 g/mol. The van der Waals surface area contributed by atoms with E-state index in [1.54, 1.807) is 0 Å². The smallest absolute Gasteiger partial charge is 0.304 e. The number of benzene rings is 1. The fraction of sp³-hybridized carbons (Fsp3) is 0.250. The molecule has 0 saturated carbocycles. The Kier molecular flexibility index (Phi) is 4.24. The Labute approximate surface area is 88.9 Å². The molecule has 0 radical (unpaired) electrons. The van der Waals surface area contributed by atoms with Crippen LogP contribution in [0, 0.1) is 11.8 Å². The van der Waals surface area contributed by atoms with Gasteiger partial charge in [-0.3, -0.25) is 4.79 Å². The highest BCUT2D eigenvalue weighted by Gasteiger charge is 1.92. The molecule has 0 fully saturated rings. The molecule has 0 aliphatic carbocycles. The van der Waals surface area contributed by atoms with Crippen molar-refractivity contribution in [2.75, 3.05) is 5.73 Å². The van der Waals surface area contributed by atoms with Crippen LogP contribution in [-0.4, -0.2) is 11.1 Å². The van der Waals surface area contributed by atoms with Gasteiger partial charge in [-0.1, -0.05) is 18.1 Å². The highest BCUT2D eigenvalue weighted by Crippen LogP contribution is 2.05. The molecule has 0 saturated heterocycles. The number of hydrogen-bond acceptors (Lipinski definition) is 2. The lowest BCUT2D eigenvalue weighted by atomic mass is 10.1. The Balaban J connectivity index is 2.36. The highest BCUT2D eigenvalue weighted by atomic mass is 16.4. The molecule has 0 aromatic heterocycles. The maximum atomic E-state index is 10.2. The van der Waals surface area contributed by atoms with Crippen molar-refractivity contribution in [1.82, 2.24) is 0 Å². The standard InChI is InChI=1S/C12H13NO2/c13-11-8-6-10(7-9-11)4-2-1-3-5-12(14)15/h6-9H,3-5,13H2,(H,14,15). The van der Waals surface area contributed by atoms with E-state index in [0.29, 0.717) is 12.8 Å². The van der Waals surface area contributed by atoms with E-state index in [-0.39, 0.29) is 6.42 Å². The molecule has 78 valence electrons. The van der Waals surface area contributed by atoms with E-state index in [2.05, 4.69) is 11.8 Å². The number of hydrogen-bond donors (Lipinski definition) is 2. The fourth-order valence-electron chi connectivity index (χ4n) is 1.06. The van der Waals surface area contributed by atoms with E-state index in [0.717, 1.165) is 11.3 Å². The average molecular weight is 203 g/mol. The number of rotatable bonds is 3. The topological polar surface area (TPSA) is 63.3 Å². The predicted molar refractivity (Wildman–Crippen MR) is 59.2 cm³/mol. The van der Waals surface area contributed by atoms with Crippen LogP contribution in [0.2, 0.25) is 0 Å². The van der Waals surface area contributed by atoms with Gasteiger partial charge in [-0.25, -0.2) is 0 Å². The Bertz CT molecular complexity index is 384. The van der Waals surface area contributed by atoms with Gasteiger partial charge < -0.3 is 10.8 Å². The second-order valence-corrected chi connectivity index (χ2v) is 3.17. The van der Waals surface area contributed by atoms with Crippen LogP contribution in [0.15, 0.2) is 24.3 Å². The maximum absolute atomic E-state index is 10.2. The van der Waals surface area contributed by atoms with Crippen LogP contribution in [0.25, 0.3) is 0 Å². The van der Waals surface area contributed by atoms with Gasteiger partial charge in [0.1, 0.15) is 0 Å². The van der Waals surface area contributed by atoms with Crippen LogP contribution >= 0.6 is 0 Å². The molecule has 1 rings (SSSR count). The minimum atomic E-state index is -0.809. The first-order valence-corrected chi connectivity index (χ1v) is 4.70. The quantitative estimate of drug-likeness (QED) is 0.580. The largest absolute Gasteiger partial charge is 0.481 e. The summed E-state index contributed by atoms with van der Waals surface area (Å²) in [7, 11) is 0. The van der Waals surface area contributed by atoms with E-state index in [4.69, 9.17) is 10.8 Å². The molecule has 15 heavy (non-hydrogen) atoms. The second-order valence-electron chi connectivity index (χ2n) is 3.17. The first-order valence-electron chi connectivity index (χ1n) is 4.70. The van der Waals surface area contributed by atoms with Crippen molar-refractivity contribution in [3.8, 4) is 11.8 Å². The van der Waals surface area contributed by atoms with Gasteiger partial charge in [-0.05, 0) is 17.7 Å². The van der Waals surface area contributed by atoms with Gasteiger partial charge >= 0.3 is 5.97 Å². The summed E-state index contributed by atoms with van der Waals surface area (Å²) in [5, 5.41) is 8.38. The van der Waals surface area contributed by atoms with E-state index in [1.807, 2.05) is 24.3 Å². The molecule has 3 nitrogen and oxygen atoms in total. The molecular weight excluding hydrogens is 190 g/mol. The number of anilines is 1. The second kappa shape index (κ2) is 5.71. The molecule has 0 heterocycles. The molecule has 0 spiro atoms. The van der Waals surface area contributed by atoms with Gasteiger partial charge in [0.2, 0.25) is 0 Å². The van der Waals surface area contributed by atoms with E-state index < -0.39 is 5.97 Å². The summed E-state index contributed by atoms with van der Waals surface area (Å²) >= 11 is 0. The lowest BCUT2D eigenvalue weighted by molar-refractivity contribution is -0.136. The van der Waals surface area contributed by atoms with Gasteiger partial charge in [0, 0.05) is 18.5 Å².